The van der Waals surface area contributed by atoms with E-state index in [1.807, 2.05) is 31.2 Å². The fourth-order valence-corrected chi connectivity index (χ4v) is 2.59. The molecule has 6 nitrogen and oxygen atoms in total. The van der Waals surface area contributed by atoms with Gasteiger partial charge >= 0.3 is 0 Å². The van der Waals surface area contributed by atoms with E-state index in [0.29, 0.717) is 17.7 Å². The highest BCUT2D eigenvalue weighted by atomic mass is 32.2. The topological polar surface area (TPSA) is 80.2 Å². The number of sulfonamides is 1. The number of carbonyl (C=O) groups excluding carboxylic acids is 1. The van der Waals surface area contributed by atoms with Gasteiger partial charge in [0.25, 0.3) is 0 Å². The molecule has 116 valence electrons. The Hall–Kier alpha value is -2.12. The lowest BCUT2D eigenvalue weighted by atomic mass is 10.1. The zero-order valence-corrected chi connectivity index (χ0v) is 13.2. The SMILES string of the molecule is Cc1ccc(CN(Cc2ncc(C=O)cn2)S(C)(=O)=O)cc1. The summed E-state index contributed by atoms with van der Waals surface area (Å²) in [7, 11) is -3.40. The lowest BCUT2D eigenvalue weighted by Gasteiger charge is -2.19. The summed E-state index contributed by atoms with van der Waals surface area (Å²) in [5.74, 6) is 0.350. The van der Waals surface area contributed by atoms with Gasteiger partial charge in [-0.3, -0.25) is 4.79 Å². The average Bonchev–Trinajstić information content (AvgIpc) is 2.48. The molecule has 0 aliphatic heterocycles. The van der Waals surface area contributed by atoms with Gasteiger partial charge in [0.15, 0.2) is 6.29 Å². The minimum atomic E-state index is -3.40. The number of aldehydes is 1. The Kier molecular flexibility index (Phi) is 4.99. The van der Waals surface area contributed by atoms with Gasteiger partial charge in [0.2, 0.25) is 10.0 Å². The second-order valence-electron chi connectivity index (χ2n) is 5.07. The molecule has 0 unspecified atom stereocenters. The monoisotopic (exact) mass is 319 g/mol. The molecule has 7 heteroatoms. The van der Waals surface area contributed by atoms with Crippen LogP contribution >= 0.6 is 0 Å². The first-order chi connectivity index (χ1) is 10.4. The minimum Gasteiger partial charge on any atom is -0.298 e. The number of aryl methyl sites for hydroxylation is 1. The van der Waals surface area contributed by atoms with Gasteiger partial charge in [0.05, 0.1) is 18.4 Å². The molecular formula is C15H17N3O3S. The maximum absolute atomic E-state index is 11.9. The number of nitrogens with zero attached hydrogens (tertiary/aromatic N) is 3. The van der Waals surface area contributed by atoms with Crippen LogP contribution < -0.4 is 0 Å². The summed E-state index contributed by atoms with van der Waals surface area (Å²) in [5, 5.41) is 0. The third-order valence-corrected chi connectivity index (χ3v) is 4.32. The molecule has 0 bridgehead atoms. The van der Waals surface area contributed by atoms with E-state index in [-0.39, 0.29) is 13.1 Å². The quantitative estimate of drug-likeness (QED) is 0.755. The van der Waals surface area contributed by atoms with Crippen molar-refractivity contribution in [3.8, 4) is 0 Å². The Labute approximate surface area is 129 Å². The predicted octanol–water partition coefficient (Wildman–Crippen LogP) is 1.56. The Morgan fingerprint density at radius 3 is 2.18 bits per heavy atom. The summed E-state index contributed by atoms with van der Waals surface area (Å²) >= 11 is 0. The molecule has 0 saturated carbocycles. The number of aromatic nitrogens is 2. The third kappa shape index (κ3) is 4.44. The zero-order valence-electron chi connectivity index (χ0n) is 12.4. The van der Waals surface area contributed by atoms with Gasteiger partial charge in [-0.1, -0.05) is 29.8 Å². The molecule has 22 heavy (non-hydrogen) atoms. The Morgan fingerprint density at radius 2 is 1.68 bits per heavy atom. The number of hydrogen-bond donors (Lipinski definition) is 0. The normalized spacial score (nSPS) is 11.6. The van der Waals surface area contributed by atoms with Gasteiger partial charge in [0.1, 0.15) is 5.82 Å². The van der Waals surface area contributed by atoms with E-state index >= 15 is 0 Å². The van der Waals surface area contributed by atoms with E-state index in [1.165, 1.54) is 16.7 Å². The second-order valence-corrected chi connectivity index (χ2v) is 7.05. The van der Waals surface area contributed by atoms with Gasteiger partial charge < -0.3 is 0 Å². The van der Waals surface area contributed by atoms with Crippen LogP contribution in [0.5, 0.6) is 0 Å². The lowest BCUT2D eigenvalue weighted by molar-refractivity contribution is 0.112. The van der Waals surface area contributed by atoms with Crippen molar-refractivity contribution in [1.29, 1.82) is 0 Å². The number of benzene rings is 1. The van der Waals surface area contributed by atoms with Crippen molar-refractivity contribution >= 4 is 16.3 Å². The van der Waals surface area contributed by atoms with Gasteiger partial charge in [-0.25, -0.2) is 18.4 Å². The van der Waals surface area contributed by atoms with E-state index in [1.54, 1.807) is 0 Å². The van der Waals surface area contributed by atoms with Crippen molar-refractivity contribution in [2.24, 2.45) is 0 Å². The summed E-state index contributed by atoms with van der Waals surface area (Å²) in [4.78, 5) is 18.6. The largest absolute Gasteiger partial charge is 0.298 e. The van der Waals surface area contributed by atoms with Crippen LogP contribution in [0.4, 0.5) is 0 Å². The lowest BCUT2D eigenvalue weighted by Crippen LogP contribution is -2.29. The van der Waals surface area contributed by atoms with Gasteiger partial charge in [0, 0.05) is 18.9 Å². The van der Waals surface area contributed by atoms with E-state index in [0.717, 1.165) is 17.4 Å². The van der Waals surface area contributed by atoms with Crippen molar-refractivity contribution in [2.45, 2.75) is 20.0 Å². The van der Waals surface area contributed by atoms with Gasteiger partial charge in [-0.05, 0) is 12.5 Å². The summed E-state index contributed by atoms with van der Waals surface area (Å²) in [6.45, 7) is 2.28. The van der Waals surface area contributed by atoms with Crippen molar-refractivity contribution in [3.05, 3.63) is 59.2 Å². The van der Waals surface area contributed by atoms with Crippen LogP contribution in [0.2, 0.25) is 0 Å². The molecule has 0 N–H and O–H groups in total. The summed E-state index contributed by atoms with van der Waals surface area (Å²) in [6, 6.07) is 7.66. The Bertz CT molecular complexity index is 741. The Balaban J connectivity index is 2.19. The first-order valence-corrected chi connectivity index (χ1v) is 8.50. The predicted molar refractivity (Wildman–Crippen MR) is 82.7 cm³/mol. The van der Waals surface area contributed by atoms with Gasteiger partial charge in [-0.15, -0.1) is 0 Å². The smallest absolute Gasteiger partial charge is 0.211 e. The molecule has 1 aromatic heterocycles. The van der Waals surface area contributed by atoms with E-state index in [9.17, 15) is 13.2 Å². The van der Waals surface area contributed by atoms with Crippen molar-refractivity contribution in [3.63, 3.8) is 0 Å². The average molecular weight is 319 g/mol. The Morgan fingerprint density at radius 1 is 1.09 bits per heavy atom. The number of rotatable bonds is 6. The molecule has 0 radical (unpaired) electrons. The molecule has 0 spiro atoms. The fraction of sp³-hybridized carbons (Fsp3) is 0.267. The van der Waals surface area contributed by atoms with Crippen LogP contribution in [-0.4, -0.2) is 35.2 Å². The van der Waals surface area contributed by atoms with Crippen LogP contribution in [-0.2, 0) is 23.1 Å². The molecule has 0 amide bonds. The first kappa shape index (κ1) is 16.3. The molecule has 0 fully saturated rings. The highest BCUT2D eigenvalue weighted by Gasteiger charge is 2.18. The van der Waals surface area contributed by atoms with Crippen LogP contribution in [0.25, 0.3) is 0 Å². The second kappa shape index (κ2) is 6.76. The minimum absolute atomic E-state index is 0.0614. The molecular weight excluding hydrogens is 302 g/mol. The summed E-state index contributed by atoms with van der Waals surface area (Å²) < 4.78 is 25.2. The number of carbonyl (C=O) groups is 1. The van der Waals surface area contributed by atoms with Crippen molar-refractivity contribution < 1.29 is 13.2 Å². The maximum Gasteiger partial charge on any atom is 0.211 e. The molecule has 0 aliphatic rings. The standard InChI is InChI=1S/C15H17N3O3S/c1-12-3-5-13(6-4-12)9-18(22(2,20)21)10-15-16-7-14(11-19)8-17-15/h3-8,11H,9-10H2,1-2H3. The zero-order chi connectivity index (χ0) is 16.2. The van der Waals surface area contributed by atoms with Crippen LogP contribution in [0, 0.1) is 6.92 Å². The summed E-state index contributed by atoms with van der Waals surface area (Å²) in [6.07, 6.45) is 4.55. The molecule has 1 aromatic carbocycles. The molecule has 2 aromatic rings. The molecule has 0 saturated heterocycles. The third-order valence-electron chi connectivity index (χ3n) is 3.13. The van der Waals surface area contributed by atoms with Crippen LogP contribution in [0.3, 0.4) is 0 Å². The van der Waals surface area contributed by atoms with Crippen LogP contribution in [0.1, 0.15) is 27.3 Å². The highest BCUT2D eigenvalue weighted by Crippen LogP contribution is 2.12. The van der Waals surface area contributed by atoms with E-state index < -0.39 is 10.0 Å². The van der Waals surface area contributed by atoms with Crippen molar-refractivity contribution in [1.82, 2.24) is 14.3 Å². The molecule has 2 rings (SSSR count). The summed E-state index contributed by atoms with van der Waals surface area (Å²) in [5.41, 5.74) is 2.36. The number of hydrogen-bond acceptors (Lipinski definition) is 5. The van der Waals surface area contributed by atoms with E-state index in [2.05, 4.69) is 9.97 Å². The van der Waals surface area contributed by atoms with Crippen LogP contribution in [0.15, 0.2) is 36.7 Å². The van der Waals surface area contributed by atoms with E-state index in [4.69, 9.17) is 0 Å². The molecule has 0 aliphatic carbocycles. The highest BCUT2D eigenvalue weighted by molar-refractivity contribution is 7.88. The fourth-order valence-electron chi connectivity index (χ4n) is 1.85. The molecule has 1 heterocycles. The first-order valence-electron chi connectivity index (χ1n) is 6.65. The van der Waals surface area contributed by atoms with Crippen molar-refractivity contribution in [2.75, 3.05) is 6.26 Å². The maximum atomic E-state index is 11.9. The van der Waals surface area contributed by atoms with Gasteiger partial charge in [-0.2, -0.15) is 4.31 Å². The molecule has 0 atom stereocenters.